The van der Waals surface area contributed by atoms with Gasteiger partial charge in [-0.15, -0.1) is 0 Å². The lowest BCUT2D eigenvalue weighted by Gasteiger charge is -2.32. The Morgan fingerprint density at radius 1 is 1.30 bits per heavy atom. The predicted octanol–water partition coefficient (Wildman–Crippen LogP) is 3.26. The molecule has 2 rings (SSSR count). The van der Waals surface area contributed by atoms with Crippen LogP contribution in [-0.4, -0.2) is 45.9 Å². The summed E-state index contributed by atoms with van der Waals surface area (Å²) in [7, 11) is 0. The molecule has 1 heterocycles. The van der Waals surface area contributed by atoms with E-state index in [1.54, 1.807) is 20.8 Å². The Bertz CT molecular complexity index is 549. The van der Waals surface area contributed by atoms with E-state index in [4.69, 9.17) is 26.6 Å². The third kappa shape index (κ3) is 6.65. The molecule has 0 atom stereocenters. The van der Waals surface area contributed by atoms with Gasteiger partial charge in [0.05, 0.1) is 0 Å². The van der Waals surface area contributed by atoms with Crippen molar-refractivity contribution >= 4 is 23.8 Å². The molecule has 0 aromatic heterocycles. The number of rotatable bonds is 3. The van der Waals surface area contributed by atoms with Gasteiger partial charge in [-0.05, 0) is 44.5 Å². The molecular formula is C15H21ClN2O5. The smallest absolute Gasteiger partial charge is 0.407 e. The van der Waals surface area contributed by atoms with Crippen LogP contribution in [0.5, 0.6) is 5.75 Å². The Labute approximate surface area is 139 Å². The second-order valence-corrected chi connectivity index (χ2v) is 6.36. The van der Waals surface area contributed by atoms with E-state index >= 15 is 0 Å². The van der Waals surface area contributed by atoms with Crippen molar-refractivity contribution in [2.24, 2.45) is 0 Å². The van der Waals surface area contributed by atoms with Gasteiger partial charge in [-0.3, -0.25) is 0 Å². The quantitative estimate of drug-likeness (QED) is 0.781. The predicted molar refractivity (Wildman–Crippen MR) is 86.3 cm³/mol. The van der Waals surface area contributed by atoms with E-state index in [1.165, 1.54) is 4.90 Å². The number of nitrogens with one attached hydrogen (secondary N) is 1. The highest BCUT2D eigenvalue weighted by Gasteiger charge is 2.25. The Morgan fingerprint density at radius 2 is 1.96 bits per heavy atom. The van der Waals surface area contributed by atoms with Gasteiger partial charge in [0, 0.05) is 23.7 Å². The molecule has 0 saturated carbocycles. The summed E-state index contributed by atoms with van der Waals surface area (Å²) < 4.78 is 5.18. The molecule has 1 aromatic rings. The second-order valence-electron chi connectivity index (χ2n) is 5.92. The van der Waals surface area contributed by atoms with E-state index in [-0.39, 0.29) is 13.1 Å². The molecule has 7 nitrogen and oxygen atoms in total. The Morgan fingerprint density at radius 3 is 2.43 bits per heavy atom. The molecule has 2 bridgehead atoms. The van der Waals surface area contributed by atoms with E-state index in [2.05, 4.69) is 5.32 Å². The van der Waals surface area contributed by atoms with Crippen LogP contribution >= 0.6 is 11.6 Å². The molecule has 128 valence electrons. The number of fused-ring (bicyclic) bond motifs is 2. The van der Waals surface area contributed by atoms with Crippen molar-refractivity contribution in [1.82, 2.24) is 10.2 Å². The lowest BCUT2D eigenvalue weighted by molar-refractivity contribution is 0.100. The van der Waals surface area contributed by atoms with Gasteiger partial charge in [0.25, 0.3) is 0 Å². The van der Waals surface area contributed by atoms with Crippen LogP contribution in [0.4, 0.5) is 9.59 Å². The number of amides is 2. The summed E-state index contributed by atoms with van der Waals surface area (Å²) in [5.41, 5.74) is 0.643. The maximum atomic E-state index is 10.8. The van der Waals surface area contributed by atoms with E-state index in [0.717, 1.165) is 16.3 Å². The van der Waals surface area contributed by atoms with Crippen LogP contribution in [0.2, 0.25) is 5.02 Å². The summed E-state index contributed by atoms with van der Waals surface area (Å²) in [6.07, 6.45) is -2.20. The normalized spacial score (nSPS) is 11.8. The number of ether oxygens (including phenoxy) is 1. The molecular weight excluding hydrogens is 324 g/mol. The van der Waals surface area contributed by atoms with Gasteiger partial charge < -0.3 is 25.2 Å². The van der Waals surface area contributed by atoms with Crippen LogP contribution in [0.25, 0.3) is 0 Å². The number of hydrogen-bond acceptors (Lipinski definition) is 3. The maximum absolute atomic E-state index is 10.8. The maximum Gasteiger partial charge on any atom is 0.407 e. The lowest BCUT2D eigenvalue weighted by Crippen LogP contribution is -2.48. The average Bonchev–Trinajstić information content (AvgIpc) is 2.72. The first-order chi connectivity index (χ1) is 10.6. The van der Waals surface area contributed by atoms with Crippen LogP contribution < -0.4 is 10.1 Å². The fraction of sp³-hybridized carbons (Fsp3) is 0.467. The Balaban J connectivity index is 0.000000248. The number of hydrogen-bond donors (Lipinski definition) is 3. The molecule has 0 spiro atoms. The molecule has 8 heteroatoms. The highest BCUT2D eigenvalue weighted by atomic mass is 35.5. The first-order valence-electron chi connectivity index (χ1n) is 6.99. The summed E-state index contributed by atoms with van der Waals surface area (Å²) in [6, 6.07) is 5.72. The molecule has 0 fully saturated rings. The first kappa shape index (κ1) is 18.9. The second kappa shape index (κ2) is 7.92. The third-order valence-corrected chi connectivity index (χ3v) is 3.21. The average molecular weight is 345 g/mol. The molecule has 23 heavy (non-hydrogen) atoms. The van der Waals surface area contributed by atoms with E-state index in [1.807, 2.05) is 18.2 Å². The van der Waals surface area contributed by atoms with Crippen molar-refractivity contribution in [3.63, 3.8) is 0 Å². The van der Waals surface area contributed by atoms with Crippen molar-refractivity contribution in [3.05, 3.63) is 28.8 Å². The van der Waals surface area contributed by atoms with Crippen molar-refractivity contribution in [1.29, 1.82) is 0 Å². The van der Waals surface area contributed by atoms with Gasteiger partial charge in [-0.2, -0.15) is 0 Å². The van der Waals surface area contributed by atoms with Crippen LogP contribution in [0, 0.1) is 0 Å². The number of carbonyl (C=O) groups is 2. The van der Waals surface area contributed by atoms with Crippen molar-refractivity contribution in [2.75, 3.05) is 13.1 Å². The minimum Gasteiger partial charge on any atom is -0.489 e. The summed E-state index contributed by atoms with van der Waals surface area (Å²) in [4.78, 5) is 22.1. The number of benzene rings is 1. The molecule has 0 saturated heterocycles. The number of carboxylic acid groups (broad SMARTS) is 2. The highest BCUT2D eigenvalue weighted by molar-refractivity contribution is 6.30. The van der Waals surface area contributed by atoms with E-state index in [0.29, 0.717) is 6.61 Å². The van der Waals surface area contributed by atoms with Crippen molar-refractivity contribution < 1.29 is 24.5 Å². The van der Waals surface area contributed by atoms with Gasteiger partial charge in [0.15, 0.2) is 0 Å². The van der Waals surface area contributed by atoms with Crippen molar-refractivity contribution in [2.45, 2.75) is 32.9 Å². The summed E-state index contributed by atoms with van der Waals surface area (Å²) in [6.45, 7) is 6.18. The molecule has 1 aliphatic heterocycles. The molecule has 1 aliphatic rings. The van der Waals surface area contributed by atoms with Gasteiger partial charge in [0.2, 0.25) is 0 Å². The molecule has 0 unspecified atom stereocenters. The zero-order valence-electron chi connectivity index (χ0n) is 13.3. The van der Waals surface area contributed by atoms with Crippen LogP contribution in [0.1, 0.15) is 26.3 Å². The largest absolute Gasteiger partial charge is 0.489 e. The zero-order chi connectivity index (χ0) is 17.6. The van der Waals surface area contributed by atoms with Gasteiger partial charge in [-0.1, -0.05) is 11.6 Å². The minimum atomic E-state index is -1.15. The van der Waals surface area contributed by atoms with E-state index < -0.39 is 17.7 Å². The standard InChI is InChI=1S/C8H16N2O4.C7H5ClO/c1-8(2,3)10(7(13)14)5-4-9-6(11)12;8-6-1-5-2-7(3-6)9-4-5/h9H,4-5H2,1-3H3,(H,11,12)(H,13,14);1-3H,4H2. The van der Waals surface area contributed by atoms with Gasteiger partial charge in [-0.25, -0.2) is 9.59 Å². The van der Waals surface area contributed by atoms with Crippen LogP contribution in [-0.2, 0) is 6.61 Å². The number of nitrogens with zero attached hydrogens (tertiary/aromatic N) is 1. The van der Waals surface area contributed by atoms with Gasteiger partial charge in [0.1, 0.15) is 12.4 Å². The fourth-order valence-electron chi connectivity index (χ4n) is 1.95. The van der Waals surface area contributed by atoms with Crippen LogP contribution in [0.3, 0.4) is 0 Å². The van der Waals surface area contributed by atoms with Gasteiger partial charge >= 0.3 is 12.2 Å². The molecule has 1 aromatic carbocycles. The molecule has 3 N–H and O–H groups in total. The third-order valence-electron chi connectivity index (χ3n) is 2.99. The molecule has 0 radical (unpaired) electrons. The molecule has 0 aliphatic carbocycles. The summed E-state index contributed by atoms with van der Waals surface area (Å²) >= 11 is 5.71. The number of halogens is 1. The Hall–Kier alpha value is -2.15. The monoisotopic (exact) mass is 344 g/mol. The van der Waals surface area contributed by atoms with E-state index in [9.17, 15) is 9.59 Å². The fourth-order valence-corrected chi connectivity index (χ4v) is 2.19. The minimum absolute atomic E-state index is 0.0961. The topological polar surface area (TPSA) is 99.1 Å². The lowest BCUT2D eigenvalue weighted by atomic mass is 10.1. The van der Waals surface area contributed by atoms with Crippen LogP contribution in [0.15, 0.2) is 18.2 Å². The zero-order valence-corrected chi connectivity index (χ0v) is 14.1. The van der Waals surface area contributed by atoms with Crippen molar-refractivity contribution in [3.8, 4) is 5.75 Å². The molecule has 2 amide bonds. The summed E-state index contributed by atoms with van der Waals surface area (Å²) in [5, 5.41) is 20.0. The first-order valence-corrected chi connectivity index (χ1v) is 7.37. The highest BCUT2D eigenvalue weighted by Crippen LogP contribution is 2.26. The Kier molecular flexibility index (Phi) is 6.50. The summed E-state index contributed by atoms with van der Waals surface area (Å²) in [5.74, 6) is 0.887. The SMILES string of the molecule is CC(C)(C)N(CCNC(=O)O)C(=O)O.Clc1cc2cc(c1)OC2.